The van der Waals surface area contributed by atoms with Crippen molar-refractivity contribution < 1.29 is 13.2 Å². The quantitative estimate of drug-likeness (QED) is 0.430. The first-order valence-corrected chi connectivity index (χ1v) is 8.59. The number of nitrogens with zero attached hydrogens (tertiary/aromatic N) is 2. The van der Waals surface area contributed by atoms with Gasteiger partial charge in [-0.1, -0.05) is 42.5 Å². The van der Waals surface area contributed by atoms with Gasteiger partial charge in [0.2, 0.25) is 0 Å². The van der Waals surface area contributed by atoms with E-state index in [1.807, 2.05) is 54.0 Å². The molecule has 2 heterocycles. The predicted octanol–water partition coefficient (Wildman–Crippen LogP) is 6.08. The summed E-state index contributed by atoms with van der Waals surface area (Å²) >= 11 is 0. The van der Waals surface area contributed by atoms with Crippen molar-refractivity contribution in [1.82, 2.24) is 9.55 Å². The molecule has 5 heteroatoms. The molecular formula is C22H17F3N2. The lowest BCUT2D eigenvalue weighted by molar-refractivity contribution is -0.137. The molecule has 136 valence electrons. The number of pyridine rings is 1. The molecule has 27 heavy (non-hydrogen) atoms. The van der Waals surface area contributed by atoms with Gasteiger partial charge >= 0.3 is 6.18 Å². The maximum atomic E-state index is 13.1. The van der Waals surface area contributed by atoms with E-state index in [0.717, 1.165) is 33.9 Å². The van der Waals surface area contributed by atoms with Crippen LogP contribution in [0.1, 0.15) is 16.7 Å². The lowest BCUT2D eigenvalue weighted by Gasteiger charge is -2.13. The largest absolute Gasteiger partial charge is 0.416 e. The fourth-order valence-electron chi connectivity index (χ4n) is 3.29. The summed E-state index contributed by atoms with van der Waals surface area (Å²) in [6, 6.07) is 19.3. The Morgan fingerprint density at radius 2 is 1.70 bits per heavy atom. The zero-order valence-corrected chi connectivity index (χ0v) is 14.7. The molecule has 0 saturated carbocycles. The van der Waals surface area contributed by atoms with Crippen molar-refractivity contribution in [2.45, 2.75) is 19.6 Å². The monoisotopic (exact) mass is 366 g/mol. The standard InChI is InChI=1S/C22H17F3N2/c1-15-10-18-12-20(17-7-3-2-4-8-17)27(21(18)26-13-15)14-16-6-5-9-19(11-16)22(23,24)25/h2-13H,14H2,1H3. The first-order chi connectivity index (χ1) is 12.9. The van der Waals surface area contributed by atoms with Crippen LogP contribution >= 0.6 is 0 Å². The summed E-state index contributed by atoms with van der Waals surface area (Å²) in [5.41, 5.74) is 3.68. The van der Waals surface area contributed by atoms with Crippen LogP contribution in [-0.4, -0.2) is 9.55 Å². The zero-order valence-electron chi connectivity index (χ0n) is 14.7. The number of rotatable bonds is 3. The third-order valence-corrected chi connectivity index (χ3v) is 4.54. The van der Waals surface area contributed by atoms with Gasteiger partial charge in [-0.25, -0.2) is 4.98 Å². The van der Waals surface area contributed by atoms with E-state index in [-0.39, 0.29) is 0 Å². The zero-order chi connectivity index (χ0) is 19.0. The average Bonchev–Trinajstić information content (AvgIpc) is 2.99. The second kappa shape index (κ2) is 6.58. The van der Waals surface area contributed by atoms with Gasteiger partial charge in [0.05, 0.1) is 11.3 Å². The van der Waals surface area contributed by atoms with Crippen LogP contribution in [0, 0.1) is 6.92 Å². The maximum absolute atomic E-state index is 13.1. The molecule has 2 nitrogen and oxygen atoms in total. The van der Waals surface area contributed by atoms with Crippen LogP contribution in [-0.2, 0) is 12.7 Å². The van der Waals surface area contributed by atoms with E-state index in [2.05, 4.69) is 4.98 Å². The number of hydrogen-bond donors (Lipinski definition) is 0. The first kappa shape index (κ1) is 17.3. The van der Waals surface area contributed by atoms with Crippen molar-refractivity contribution in [1.29, 1.82) is 0 Å². The third-order valence-electron chi connectivity index (χ3n) is 4.54. The molecule has 0 spiro atoms. The molecular weight excluding hydrogens is 349 g/mol. The van der Waals surface area contributed by atoms with Crippen molar-refractivity contribution in [3.05, 3.63) is 89.6 Å². The Morgan fingerprint density at radius 1 is 0.926 bits per heavy atom. The molecule has 0 aliphatic rings. The molecule has 0 radical (unpaired) electrons. The van der Waals surface area contributed by atoms with Gasteiger partial charge in [0.15, 0.2) is 0 Å². The molecule has 0 aliphatic heterocycles. The minimum absolute atomic E-state index is 0.313. The number of benzene rings is 2. The minimum Gasteiger partial charge on any atom is -0.321 e. The number of halogens is 3. The van der Waals surface area contributed by atoms with Crippen molar-refractivity contribution in [3.8, 4) is 11.3 Å². The summed E-state index contributed by atoms with van der Waals surface area (Å²) in [5, 5.41) is 0.973. The Kier molecular flexibility index (Phi) is 4.22. The highest BCUT2D eigenvalue weighted by molar-refractivity contribution is 5.84. The Hall–Kier alpha value is -3.08. The van der Waals surface area contributed by atoms with Gasteiger partial charge in [0.25, 0.3) is 0 Å². The lowest BCUT2D eigenvalue weighted by Crippen LogP contribution is -2.07. The van der Waals surface area contributed by atoms with Gasteiger partial charge in [-0.05, 0) is 47.9 Å². The summed E-state index contributed by atoms with van der Waals surface area (Å²) in [4.78, 5) is 4.53. The Balaban J connectivity index is 1.86. The van der Waals surface area contributed by atoms with Crippen LogP contribution in [0.4, 0.5) is 13.2 Å². The lowest BCUT2D eigenvalue weighted by atomic mass is 10.1. The number of hydrogen-bond acceptors (Lipinski definition) is 1. The highest BCUT2D eigenvalue weighted by atomic mass is 19.4. The molecule has 2 aromatic heterocycles. The van der Waals surface area contributed by atoms with Gasteiger partial charge in [0.1, 0.15) is 5.65 Å². The van der Waals surface area contributed by atoms with Gasteiger partial charge in [-0.3, -0.25) is 0 Å². The molecule has 4 rings (SSSR count). The molecule has 0 bridgehead atoms. The van der Waals surface area contributed by atoms with Crippen molar-refractivity contribution in [2.75, 3.05) is 0 Å². The molecule has 0 fully saturated rings. The Morgan fingerprint density at radius 3 is 2.44 bits per heavy atom. The SMILES string of the molecule is Cc1cnc2c(c1)cc(-c1ccccc1)n2Cc1cccc(C(F)(F)F)c1. The van der Waals surface area contributed by atoms with Crippen LogP contribution in [0.5, 0.6) is 0 Å². The van der Waals surface area contributed by atoms with Crippen LogP contribution in [0.3, 0.4) is 0 Å². The van der Waals surface area contributed by atoms with Crippen LogP contribution in [0.2, 0.25) is 0 Å². The number of fused-ring (bicyclic) bond motifs is 1. The molecule has 0 N–H and O–H groups in total. The highest BCUT2D eigenvalue weighted by Crippen LogP contribution is 2.31. The normalized spacial score (nSPS) is 11.9. The van der Waals surface area contributed by atoms with E-state index in [4.69, 9.17) is 0 Å². The van der Waals surface area contributed by atoms with Crippen LogP contribution in [0.25, 0.3) is 22.3 Å². The van der Waals surface area contributed by atoms with Crippen molar-refractivity contribution >= 4 is 11.0 Å². The Bertz CT molecular complexity index is 1100. The summed E-state index contributed by atoms with van der Waals surface area (Å²) in [5.74, 6) is 0. The first-order valence-electron chi connectivity index (χ1n) is 8.59. The van der Waals surface area contributed by atoms with Gasteiger partial charge in [-0.2, -0.15) is 13.2 Å². The van der Waals surface area contributed by atoms with Gasteiger partial charge < -0.3 is 4.57 Å². The average molecular weight is 366 g/mol. The molecule has 0 atom stereocenters. The molecule has 0 unspecified atom stereocenters. The molecule has 0 aliphatic carbocycles. The molecule has 0 saturated heterocycles. The van der Waals surface area contributed by atoms with Crippen LogP contribution < -0.4 is 0 Å². The van der Waals surface area contributed by atoms with E-state index < -0.39 is 11.7 Å². The summed E-state index contributed by atoms with van der Waals surface area (Å²) in [6.07, 6.45) is -2.58. The smallest absolute Gasteiger partial charge is 0.321 e. The van der Waals surface area contributed by atoms with E-state index >= 15 is 0 Å². The second-order valence-electron chi connectivity index (χ2n) is 6.61. The van der Waals surface area contributed by atoms with E-state index in [9.17, 15) is 13.2 Å². The van der Waals surface area contributed by atoms with Crippen LogP contribution in [0.15, 0.2) is 72.9 Å². The maximum Gasteiger partial charge on any atom is 0.416 e. The fraction of sp³-hybridized carbons (Fsp3) is 0.136. The number of aryl methyl sites for hydroxylation is 1. The third kappa shape index (κ3) is 3.45. The molecule has 0 amide bonds. The van der Waals surface area contributed by atoms with E-state index in [0.29, 0.717) is 12.1 Å². The number of aromatic nitrogens is 2. The van der Waals surface area contributed by atoms with Gasteiger partial charge in [0, 0.05) is 18.1 Å². The van der Waals surface area contributed by atoms with E-state index in [1.165, 1.54) is 12.1 Å². The highest BCUT2D eigenvalue weighted by Gasteiger charge is 2.30. The Labute approximate surface area is 154 Å². The topological polar surface area (TPSA) is 17.8 Å². The fourth-order valence-corrected chi connectivity index (χ4v) is 3.29. The summed E-state index contributed by atoms with van der Waals surface area (Å²) < 4.78 is 41.2. The second-order valence-corrected chi connectivity index (χ2v) is 6.61. The van der Waals surface area contributed by atoms with Gasteiger partial charge in [-0.15, -0.1) is 0 Å². The molecule has 2 aromatic carbocycles. The molecule has 4 aromatic rings. The summed E-state index contributed by atoms with van der Waals surface area (Å²) in [7, 11) is 0. The number of alkyl halides is 3. The minimum atomic E-state index is -4.35. The predicted molar refractivity (Wildman–Crippen MR) is 100 cm³/mol. The van der Waals surface area contributed by atoms with Crippen molar-refractivity contribution in [3.63, 3.8) is 0 Å². The van der Waals surface area contributed by atoms with E-state index in [1.54, 1.807) is 12.3 Å². The summed E-state index contributed by atoms with van der Waals surface area (Å²) in [6.45, 7) is 2.28. The van der Waals surface area contributed by atoms with Crippen molar-refractivity contribution in [2.24, 2.45) is 0 Å².